The molecule has 0 radical (unpaired) electrons. The summed E-state index contributed by atoms with van der Waals surface area (Å²) in [5.41, 5.74) is 2.40. The van der Waals surface area contributed by atoms with Gasteiger partial charge in [-0.3, -0.25) is 9.69 Å². The lowest BCUT2D eigenvalue weighted by Gasteiger charge is -2.24. The minimum absolute atomic E-state index is 0.107. The van der Waals surface area contributed by atoms with Crippen molar-refractivity contribution in [2.24, 2.45) is 0 Å². The number of rotatable bonds is 7. The molecule has 4 rings (SSSR count). The summed E-state index contributed by atoms with van der Waals surface area (Å²) in [6.07, 6.45) is 8.66. The van der Waals surface area contributed by atoms with E-state index in [1.807, 2.05) is 0 Å². The lowest BCUT2D eigenvalue weighted by atomic mass is 9.92. The molecule has 1 spiro atoms. The predicted octanol–water partition coefficient (Wildman–Crippen LogP) is 2.97. The number of hydrogen-bond acceptors (Lipinski definition) is 4. The average molecular weight is 373 g/mol. The van der Waals surface area contributed by atoms with Crippen molar-refractivity contribution in [3.63, 3.8) is 0 Å². The van der Waals surface area contributed by atoms with Crippen LogP contribution in [0.25, 0.3) is 0 Å². The Morgan fingerprint density at radius 1 is 1.26 bits per heavy atom. The highest BCUT2D eigenvalue weighted by Gasteiger charge is 2.45. The Balaban J connectivity index is 1.15. The Labute approximate surface area is 162 Å². The highest BCUT2D eigenvalue weighted by Crippen LogP contribution is 2.43. The summed E-state index contributed by atoms with van der Waals surface area (Å²) in [7, 11) is 0. The van der Waals surface area contributed by atoms with Crippen molar-refractivity contribution in [2.45, 2.75) is 63.3 Å². The van der Waals surface area contributed by atoms with Crippen LogP contribution in [-0.4, -0.2) is 49.7 Å². The van der Waals surface area contributed by atoms with E-state index in [4.69, 9.17) is 9.47 Å². The molecule has 1 saturated heterocycles. The van der Waals surface area contributed by atoms with Crippen LogP contribution in [0.3, 0.4) is 0 Å². The van der Waals surface area contributed by atoms with Gasteiger partial charge in [0, 0.05) is 26.2 Å². The number of fused-ring (bicyclic) bond motifs is 2. The Kier molecular flexibility index (Phi) is 6.11. The van der Waals surface area contributed by atoms with Crippen LogP contribution in [0, 0.1) is 0 Å². The minimum Gasteiger partial charge on any atom is -0.378 e. The number of hydrogen-bond donors (Lipinski definition) is 1. The van der Waals surface area contributed by atoms with Gasteiger partial charge in [-0.25, -0.2) is 0 Å². The molecule has 1 aromatic rings. The molecule has 1 aromatic carbocycles. The molecular formula is C22H32N2O3. The first-order valence-corrected chi connectivity index (χ1v) is 10.6. The van der Waals surface area contributed by atoms with Crippen LogP contribution in [0.15, 0.2) is 24.3 Å². The van der Waals surface area contributed by atoms with Gasteiger partial charge < -0.3 is 14.8 Å². The smallest absolute Gasteiger partial charge is 0.234 e. The van der Waals surface area contributed by atoms with Gasteiger partial charge in [-0.15, -0.1) is 0 Å². The van der Waals surface area contributed by atoms with E-state index in [0.29, 0.717) is 25.8 Å². The molecule has 1 amide bonds. The fourth-order valence-corrected chi connectivity index (χ4v) is 4.76. The summed E-state index contributed by atoms with van der Waals surface area (Å²) in [5.74, 6) is 0.107. The third-order valence-corrected chi connectivity index (χ3v) is 6.24. The van der Waals surface area contributed by atoms with Crippen LogP contribution in [0.2, 0.25) is 0 Å². The molecule has 2 aliphatic heterocycles. The molecule has 148 valence electrons. The number of ether oxygens (including phenoxy) is 2. The maximum atomic E-state index is 12.3. The highest BCUT2D eigenvalue weighted by molar-refractivity contribution is 5.78. The van der Waals surface area contributed by atoms with Crippen LogP contribution in [0.4, 0.5) is 0 Å². The van der Waals surface area contributed by atoms with Gasteiger partial charge in [-0.05, 0) is 36.8 Å². The summed E-state index contributed by atoms with van der Waals surface area (Å²) >= 11 is 0. The zero-order valence-electron chi connectivity index (χ0n) is 16.3. The zero-order chi connectivity index (χ0) is 18.5. The fourth-order valence-electron chi connectivity index (χ4n) is 4.76. The third kappa shape index (κ3) is 4.53. The number of nitrogens with zero attached hydrogens (tertiary/aromatic N) is 1. The predicted molar refractivity (Wildman–Crippen MR) is 104 cm³/mol. The van der Waals surface area contributed by atoms with Gasteiger partial charge in [0.15, 0.2) is 0 Å². The molecular weight excluding hydrogens is 340 g/mol. The number of carbonyl (C=O) groups excluding carboxylic acids is 1. The van der Waals surface area contributed by atoms with Crippen molar-refractivity contribution >= 4 is 5.91 Å². The van der Waals surface area contributed by atoms with Crippen LogP contribution in [-0.2, 0) is 26.5 Å². The second-order valence-corrected chi connectivity index (χ2v) is 8.24. The van der Waals surface area contributed by atoms with Crippen molar-refractivity contribution in [2.75, 3.05) is 32.8 Å². The molecule has 1 aliphatic carbocycles. The van der Waals surface area contributed by atoms with E-state index in [9.17, 15) is 4.79 Å². The van der Waals surface area contributed by atoms with Crippen molar-refractivity contribution < 1.29 is 14.3 Å². The molecule has 2 heterocycles. The molecule has 27 heavy (non-hydrogen) atoms. The summed E-state index contributed by atoms with van der Waals surface area (Å²) in [5, 5.41) is 3.04. The van der Waals surface area contributed by atoms with Crippen molar-refractivity contribution in [1.29, 1.82) is 0 Å². The van der Waals surface area contributed by atoms with Gasteiger partial charge in [0.25, 0.3) is 0 Å². The normalized spacial score (nSPS) is 25.8. The first-order valence-electron chi connectivity index (χ1n) is 10.6. The molecule has 3 aliphatic rings. The second-order valence-electron chi connectivity index (χ2n) is 8.24. The van der Waals surface area contributed by atoms with Crippen LogP contribution >= 0.6 is 0 Å². The molecule has 0 bridgehead atoms. The summed E-state index contributed by atoms with van der Waals surface area (Å²) in [4.78, 5) is 14.5. The lowest BCUT2D eigenvalue weighted by Crippen LogP contribution is -2.38. The first-order chi connectivity index (χ1) is 13.3. The Morgan fingerprint density at radius 2 is 2.11 bits per heavy atom. The number of likely N-dealkylation sites (tertiary alicyclic amines) is 1. The summed E-state index contributed by atoms with van der Waals surface area (Å²) in [6.45, 7) is 4.31. The minimum atomic E-state index is -0.204. The summed E-state index contributed by atoms with van der Waals surface area (Å²) < 4.78 is 12.1. The number of carbonyl (C=O) groups is 1. The Hall–Kier alpha value is -1.43. The zero-order valence-corrected chi connectivity index (χ0v) is 16.3. The second kappa shape index (κ2) is 8.72. The van der Waals surface area contributed by atoms with Gasteiger partial charge in [0.2, 0.25) is 5.91 Å². The van der Waals surface area contributed by atoms with E-state index in [-0.39, 0.29) is 11.5 Å². The van der Waals surface area contributed by atoms with E-state index in [1.165, 1.54) is 43.2 Å². The van der Waals surface area contributed by atoms with Crippen LogP contribution < -0.4 is 5.32 Å². The summed E-state index contributed by atoms with van der Waals surface area (Å²) in [6, 6.07) is 8.48. The average Bonchev–Trinajstić information content (AvgIpc) is 3.27. The van der Waals surface area contributed by atoms with Gasteiger partial charge in [-0.1, -0.05) is 43.5 Å². The Bertz CT molecular complexity index is 644. The molecule has 1 atom stereocenters. The van der Waals surface area contributed by atoms with Crippen LogP contribution in [0.1, 0.15) is 56.1 Å². The monoisotopic (exact) mass is 372 g/mol. The third-order valence-electron chi connectivity index (χ3n) is 6.24. The van der Waals surface area contributed by atoms with Gasteiger partial charge in [0.05, 0.1) is 19.3 Å². The van der Waals surface area contributed by atoms with Gasteiger partial charge in [0.1, 0.15) is 5.60 Å². The van der Waals surface area contributed by atoms with E-state index >= 15 is 0 Å². The molecule has 5 heteroatoms. The quantitative estimate of drug-likeness (QED) is 0.748. The molecule has 1 unspecified atom stereocenters. The molecule has 5 nitrogen and oxygen atoms in total. The van der Waals surface area contributed by atoms with Crippen molar-refractivity contribution in [1.82, 2.24) is 10.2 Å². The SMILES string of the molecule is O=C(CN1CCC2(C1)OCc1ccccc12)NCCCOC1CCCCC1. The highest BCUT2D eigenvalue weighted by atomic mass is 16.5. The fraction of sp³-hybridized carbons (Fsp3) is 0.682. The van der Waals surface area contributed by atoms with Gasteiger partial charge >= 0.3 is 0 Å². The topological polar surface area (TPSA) is 50.8 Å². The standard InChI is InChI=1S/C22H32N2O3/c25-21(23-12-6-14-26-19-8-2-1-3-9-19)15-24-13-11-22(17-24)20-10-5-4-7-18(20)16-27-22/h4-5,7,10,19H,1-3,6,8-9,11-17H2,(H,23,25). The van der Waals surface area contributed by atoms with E-state index < -0.39 is 0 Å². The maximum Gasteiger partial charge on any atom is 0.234 e. The lowest BCUT2D eigenvalue weighted by molar-refractivity contribution is -0.122. The van der Waals surface area contributed by atoms with E-state index in [1.54, 1.807) is 0 Å². The van der Waals surface area contributed by atoms with E-state index in [2.05, 4.69) is 34.5 Å². The van der Waals surface area contributed by atoms with E-state index in [0.717, 1.165) is 32.5 Å². The molecule has 1 N–H and O–H groups in total. The molecule has 2 fully saturated rings. The number of nitrogens with one attached hydrogen (secondary N) is 1. The number of amides is 1. The van der Waals surface area contributed by atoms with Crippen molar-refractivity contribution in [3.8, 4) is 0 Å². The van der Waals surface area contributed by atoms with Crippen molar-refractivity contribution in [3.05, 3.63) is 35.4 Å². The first kappa shape index (κ1) is 18.9. The van der Waals surface area contributed by atoms with Gasteiger partial charge in [-0.2, -0.15) is 0 Å². The maximum absolute atomic E-state index is 12.3. The molecule has 1 saturated carbocycles. The Morgan fingerprint density at radius 3 is 3.00 bits per heavy atom. The largest absolute Gasteiger partial charge is 0.378 e. The van der Waals surface area contributed by atoms with Crippen LogP contribution in [0.5, 0.6) is 0 Å². The molecule has 0 aromatic heterocycles. The number of benzene rings is 1.